The molecule has 0 saturated carbocycles. The zero-order valence-corrected chi connectivity index (χ0v) is 15.2. The third kappa shape index (κ3) is 4.44. The first-order valence-corrected chi connectivity index (χ1v) is 9.32. The Morgan fingerprint density at radius 1 is 1.12 bits per heavy atom. The Balaban J connectivity index is 1.46. The summed E-state index contributed by atoms with van der Waals surface area (Å²) in [4.78, 5) is 29.2. The lowest BCUT2D eigenvalue weighted by Gasteiger charge is -2.37. The molecule has 1 aromatic rings. The molecule has 25 heavy (non-hydrogen) atoms. The molecule has 2 amide bonds. The molecule has 2 heterocycles. The average Bonchev–Trinajstić information content (AvgIpc) is 2.63. The minimum atomic E-state index is -0.207. The summed E-state index contributed by atoms with van der Waals surface area (Å²) in [6.07, 6.45) is 1.58. The molecule has 7 heteroatoms. The van der Waals surface area contributed by atoms with Crippen LogP contribution in [0.3, 0.4) is 0 Å². The van der Waals surface area contributed by atoms with Crippen molar-refractivity contribution in [3.05, 3.63) is 29.3 Å². The fourth-order valence-electron chi connectivity index (χ4n) is 3.72. The molecule has 0 atom stereocenters. The Morgan fingerprint density at radius 3 is 2.36 bits per heavy atom. The molecule has 1 aromatic carbocycles. The van der Waals surface area contributed by atoms with Crippen LogP contribution in [0.15, 0.2) is 24.3 Å². The van der Waals surface area contributed by atoms with E-state index in [0.29, 0.717) is 6.54 Å². The molecular weight excluding hydrogens is 340 g/mol. The number of piperazine rings is 1. The number of hydrogen-bond acceptors (Lipinski definition) is 3. The van der Waals surface area contributed by atoms with Gasteiger partial charge < -0.3 is 20.4 Å². The molecule has 0 aromatic heterocycles. The molecule has 2 saturated heterocycles. The number of piperidine rings is 1. The number of para-hydroxylation sites is 1. The van der Waals surface area contributed by atoms with E-state index in [4.69, 9.17) is 17.3 Å². The van der Waals surface area contributed by atoms with Crippen LogP contribution in [-0.2, 0) is 9.59 Å². The highest BCUT2D eigenvalue weighted by molar-refractivity contribution is 6.33. The number of nitrogens with two attached hydrogens (primary N) is 1. The third-order valence-electron chi connectivity index (χ3n) is 5.32. The molecule has 3 N–H and O–H groups in total. The summed E-state index contributed by atoms with van der Waals surface area (Å²) >= 11 is 6.26. The fraction of sp³-hybridized carbons (Fsp3) is 0.556. The second-order valence-corrected chi connectivity index (χ2v) is 7.33. The number of likely N-dealkylation sites (tertiary alicyclic amines) is 1. The zero-order chi connectivity index (χ0) is 17.8. The number of carbonyl (C=O) groups excluding carboxylic acids is 2. The molecule has 3 rings (SSSR count). The van der Waals surface area contributed by atoms with Gasteiger partial charge in [0.05, 0.1) is 23.8 Å². The van der Waals surface area contributed by atoms with Gasteiger partial charge in [0.25, 0.3) is 5.91 Å². The van der Waals surface area contributed by atoms with Crippen LogP contribution >= 0.6 is 11.6 Å². The van der Waals surface area contributed by atoms with Crippen molar-refractivity contribution in [2.45, 2.75) is 12.8 Å². The summed E-state index contributed by atoms with van der Waals surface area (Å²) < 4.78 is 0. The first-order chi connectivity index (χ1) is 12.0. The number of nitrogens with zero attached hydrogens (tertiary/aromatic N) is 2. The molecule has 2 aliphatic rings. The van der Waals surface area contributed by atoms with E-state index in [0.717, 1.165) is 62.8 Å². The van der Waals surface area contributed by atoms with Gasteiger partial charge in [0.1, 0.15) is 0 Å². The smallest absolute Gasteiger partial charge is 0.277 e. The number of anilines is 1. The van der Waals surface area contributed by atoms with E-state index in [1.54, 1.807) is 0 Å². The number of rotatable bonds is 4. The Hall–Kier alpha value is -1.79. The number of primary amides is 1. The summed E-state index contributed by atoms with van der Waals surface area (Å²) in [5, 5.41) is 0.754. The van der Waals surface area contributed by atoms with Gasteiger partial charge in [-0.3, -0.25) is 9.59 Å². The number of nitrogens with one attached hydrogen (secondary N) is 1. The van der Waals surface area contributed by atoms with E-state index in [2.05, 4.69) is 4.90 Å². The van der Waals surface area contributed by atoms with Gasteiger partial charge in [-0.15, -0.1) is 0 Å². The van der Waals surface area contributed by atoms with Gasteiger partial charge in [0, 0.05) is 44.9 Å². The lowest BCUT2D eigenvalue weighted by Crippen LogP contribution is -3.14. The molecule has 0 spiro atoms. The van der Waals surface area contributed by atoms with Crippen LogP contribution < -0.4 is 15.5 Å². The minimum Gasteiger partial charge on any atom is -0.369 e. The lowest BCUT2D eigenvalue weighted by atomic mass is 9.96. The van der Waals surface area contributed by atoms with Gasteiger partial charge in [-0.05, 0) is 12.1 Å². The number of amides is 2. The average molecular weight is 366 g/mol. The van der Waals surface area contributed by atoms with Crippen LogP contribution in [0.5, 0.6) is 0 Å². The standard InChI is InChI=1S/C18H25ClN4O2/c19-15-3-1-2-4-16(15)22-9-11-23(12-10-22)17(24)13-21-7-5-14(6-8-21)18(20)25/h1-4,14H,5-13H2,(H2,20,25)/p+1. The predicted octanol–water partition coefficient (Wildman–Crippen LogP) is -0.231. The molecule has 136 valence electrons. The predicted molar refractivity (Wildman–Crippen MR) is 97.7 cm³/mol. The molecular formula is C18H26ClN4O2+. The second kappa shape index (κ2) is 8.06. The molecule has 0 radical (unpaired) electrons. The van der Waals surface area contributed by atoms with E-state index in [9.17, 15) is 9.59 Å². The Labute approximate surface area is 153 Å². The maximum absolute atomic E-state index is 12.6. The quantitative estimate of drug-likeness (QED) is 0.774. The zero-order valence-electron chi connectivity index (χ0n) is 14.4. The maximum Gasteiger partial charge on any atom is 0.277 e. The fourth-order valence-corrected chi connectivity index (χ4v) is 3.97. The van der Waals surface area contributed by atoms with Crippen molar-refractivity contribution in [2.24, 2.45) is 11.7 Å². The number of quaternary nitrogens is 1. The highest BCUT2D eigenvalue weighted by Gasteiger charge is 2.29. The Kier molecular flexibility index (Phi) is 5.81. The van der Waals surface area contributed by atoms with Crippen molar-refractivity contribution in [1.82, 2.24) is 4.90 Å². The first-order valence-electron chi connectivity index (χ1n) is 8.94. The van der Waals surface area contributed by atoms with E-state index in [1.807, 2.05) is 29.2 Å². The van der Waals surface area contributed by atoms with Crippen molar-refractivity contribution in [2.75, 3.05) is 50.7 Å². The maximum atomic E-state index is 12.6. The minimum absolute atomic E-state index is 0.0157. The summed E-state index contributed by atoms with van der Waals surface area (Å²) in [6, 6.07) is 7.83. The molecule has 6 nitrogen and oxygen atoms in total. The van der Waals surface area contributed by atoms with Crippen LogP contribution in [0.4, 0.5) is 5.69 Å². The van der Waals surface area contributed by atoms with E-state index in [-0.39, 0.29) is 17.7 Å². The summed E-state index contributed by atoms with van der Waals surface area (Å²) in [5.41, 5.74) is 6.40. The monoisotopic (exact) mass is 365 g/mol. The summed E-state index contributed by atoms with van der Waals surface area (Å²) in [6.45, 7) is 5.25. The van der Waals surface area contributed by atoms with Gasteiger partial charge in [0.15, 0.2) is 6.54 Å². The largest absolute Gasteiger partial charge is 0.369 e. The van der Waals surface area contributed by atoms with Gasteiger partial charge in [0.2, 0.25) is 5.91 Å². The summed E-state index contributed by atoms with van der Waals surface area (Å²) in [5.74, 6) is -0.0228. The number of benzene rings is 1. The van der Waals surface area contributed by atoms with E-state index < -0.39 is 0 Å². The van der Waals surface area contributed by atoms with Gasteiger partial charge >= 0.3 is 0 Å². The van der Waals surface area contributed by atoms with Crippen LogP contribution in [0, 0.1) is 5.92 Å². The highest BCUT2D eigenvalue weighted by atomic mass is 35.5. The Morgan fingerprint density at radius 2 is 1.76 bits per heavy atom. The van der Waals surface area contributed by atoms with Gasteiger partial charge in [-0.25, -0.2) is 0 Å². The van der Waals surface area contributed by atoms with Crippen molar-refractivity contribution in [3.63, 3.8) is 0 Å². The van der Waals surface area contributed by atoms with Crippen molar-refractivity contribution in [1.29, 1.82) is 0 Å². The van der Waals surface area contributed by atoms with E-state index in [1.165, 1.54) is 4.90 Å². The highest BCUT2D eigenvalue weighted by Crippen LogP contribution is 2.25. The molecule has 0 aliphatic carbocycles. The third-order valence-corrected chi connectivity index (χ3v) is 5.64. The first kappa shape index (κ1) is 18.0. The molecule has 2 aliphatic heterocycles. The van der Waals surface area contributed by atoms with Crippen LogP contribution in [0.1, 0.15) is 12.8 Å². The molecule has 0 unspecified atom stereocenters. The van der Waals surface area contributed by atoms with Crippen molar-refractivity contribution < 1.29 is 14.5 Å². The topological polar surface area (TPSA) is 71.1 Å². The van der Waals surface area contributed by atoms with E-state index >= 15 is 0 Å². The van der Waals surface area contributed by atoms with Crippen LogP contribution in [0.25, 0.3) is 0 Å². The Bertz CT molecular complexity index is 623. The van der Waals surface area contributed by atoms with Crippen molar-refractivity contribution in [3.8, 4) is 0 Å². The number of carbonyl (C=O) groups is 2. The SMILES string of the molecule is NC(=O)C1CC[NH+](CC(=O)N2CCN(c3ccccc3Cl)CC2)CC1. The van der Waals surface area contributed by atoms with Crippen LogP contribution in [-0.4, -0.2) is 62.5 Å². The van der Waals surface area contributed by atoms with Gasteiger partial charge in [-0.2, -0.15) is 0 Å². The van der Waals surface area contributed by atoms with Crippen LogP contribution in [0.2, 0.25) is 5.02 Å². The number of hydrogen-bond donors (Lipinski definition) is 2. The second-order valence-electron chi connectivity index (χ2n) is 6.92. The van der Waals surface area contributed by atoms with Crippen molar-refractivity contribution >= 4 is 29.1 Å². The number of halogens is 1. The summed E-state index contributed by atoms with van der Waals surface area (Å²) in [7, 11) is 0. The van der Waals surface area contributed by atoms with Gasteiger partial charge in [-0.1, -0.05) is 23.7 Å². The normalized spacial score (nSPS) is 24.2. The lowest BCUT2D eigenvalue weighted by molar-refractivity contribution is -0.898. The molecule has 0 bridgehead atoms. The molecule has 2 fully saturated rings.